The number of H-pyrrole nitrogens is 1. The number of benzene rings is 1. The minimum Gasteiger partial charge on any atom is -0.508 e. The smallest absolute Gasteiger partial charge is 0.306 e. The normalized spacial score (nSPS) is 21.0. The number of phenols is 1. The summed E-state index contributed by atoms with van der Waals surface area (Å²) >= 11 is 0. The lowest BCUT2D eigenvalue weighted by atomic mass is 9.86. The molecule has 1 unspecified atom stereocenters. The van der Waals surface area contributed by atoms with Crippen molar-refractivity contribution < 1.29 is 19.7 Å². The number of aromatic nitrogens is 1. The minimum atomic E-state index is -0.869. The van der Waals surface area contributed by atoms with Gasteiger partial charge < -0.3 is 19.9 Å². The summed E-state index contributed by atoms with van der Waals surface area (Å²) in [6, 6.07) is 3.63. The van der Waals surface area contributed by atoms with E-state index in [0.29, 0.717) is 19.4 Å². The first-order valence-electron chi connectivity index (χ1n) is 7.74. The number of carboxylic acid groups (broad SMARTS) is 1. The molecule has 2 aromatic rings. The third kappa shape index (κ3) is 2.08. The van der Waals surface area contributed by atoms with Crippen LogP contribution < -0.4 is 0 Å². The molecule has 0 spiro atoms. The lowest BCUT2D eigenvalue weighted by Gasteiger charge is -2.35. The molecule has 5 heteroatoms. The van der Waals surface area contributed by atoms with Gasteiger partial charge in [0.1, 0.15) is 11.4 Å². The van der Waals surface area contributed by atoms with Crippen molar-refractivity contribution in [3.63, 3.8) is 0 Å². The highest BCUT2D eigenvalue weighted by Crippen LogP contribution is 2.43. The van der Waals surface area contributed by atoms with Gasteiger partial charge in [-0.3, -0.25) is 4.79 Å². The maximum absolute atomic E-state index is 11.3. The van der Waals surface area contributed by atoms with Crippen molar-refractivity contribution in [2.75, 3.05) is 6.61 Å². The van der Waals surface area contributed by atoms with Gasteiger partial charge in [0.05, 0.1) is 24.2 Å². The second-order valence-electron chi connectivity index (χ2n) is 5.83. The lowest BCUT2D eigenvalue weighted by molar-refractivity contribution is -0.148. The quantitative estimate of drug-likeness (QED) is 0.810. The van der Waals surface area contributed by atoms with Crippen molar-refractivity contribution in [3.05, 3.63) is 29.0 Å². The topological polar surface area (TPSA) is 82.5 Å². The molecule has 2 heterocycles. The Labute approximate surface area is 128 Å². The number of carbonyl (C=O) groups is 1. The van der Waals surface area contributed by atoms with Crippen LogP contribution in [0.2, 0.25) is 0 Å². The Morgan fingerprint density at radius 1 is 1.41 bits per heavy atom. The largest absolute Gasteiger partial charge is 0.508 e. The fourth-order valence-corrected chi connectivity index (χ4v) is 3.58. The summed E-state index contributed by atoms with van der Waals surface area (Å²) in [5, 5.41) is 20.4. The number of aromatic hydroxyl groups is 1. The molecule has 0 saturated heterocycles. The van der Waals surface area contributed by atoms with Crippen LogP contribution in [0.5, 0.6) is 5.75 Å². The molecule has 22 heavy (non-hydrogen) atoms. The van der Waals surface area contributed by atoms with E-state index in [-0.39, 0.29) is 12.2 Å². The zero-order valence-corrected chi connectivity index (χ0v) is 12.9. The molecule has 0 amide bonds. The highest BCUT2D eigenvalue weighted by Gasteiger charge is 2.41. The van der Waals surface area contributed by atoms with Crippen molar-refractivity contribution in [3.8, 4) is 5.75 Å². The number of aliphatic carboxylic acids is 1. The molecule has 0 fully saturated rings. The standard InChI is InChI=1S/C17H21NO4/c1-3-10-13(19)6-5-11-12-7-8-22-17(4-2,9-14(20)21)16(12)18-15(10)11/h5-6,18-19H,3-4,7-9H2,1-2H3,(H,20,21). The van der Waals surface area contributed by atoms with Gasteiger partial charge in [-0.2, -0.15) is 0 Å². The van der Waals surface area contributed by atoms with E-state index in [2.05, 4.69) is 4.98 Å². The second kappa shape index (κ2) is 5.32. The van der Waals surface area contributed by atoms with Gasteiger partial charge >= 0.3 is 5.97 Å². The van der Waals surface area contributed by atoms with Crippen LogP contribution in [0.4, 0.5) is 0 Å². The molecule has 3 rings (SSSR count). The molecule has 0 radical (unpaired) electrons. The highest BCUT2D eigenvalue weighted by molar-refractivity contribution is 5.90. The summed E-state index contributed by atoms with van der Waals surface area (Å²) in [6.45, 7) is 4.46. The van der Waals surface area contributed by atoms with Crippen LogP contribution in [-0.4, -0.2) is 27.8 Å². The Balaban J connectivity index is 2.27. The summed E-state index contributed by atoms with van der Waals surface area (Å²) in [5.74, 6) is -0.596. The Bertz CT molecular complexity index is 734. The number of hydrogen-bond acceptors (Lipinski definition) is 3. The molecule has 5 nitrogen and oxygen atoms in total. The van der Waals surface area contributed by atoms with Crippen molar-refractivity contribution >= 4 is 16.9 Å². The fraction of sp³-hybridized carbons (Fsp3) is 0.471. The third-order valence-corrected chi connectivity index (χ3v) is 4.71. The van der Waals surface area contributed by atoms with Gasteiger partial charge in [-0.1, -0.05) is 13.8 Å². The van der Waals surface area contributed by atoms with Gasteiger partial charge in [0.25, 0.3) is 0 Å². The number of carboxylic acids is 1. The minimum absolute atomic E-state index is 0.0588. The van der Waals surface area contributed by atoms with Gasteiger partial charge in [0.2, 0.25) is 0 Å². The van der Waals surface area contributed by atoms with Crippen LogP contribution in [0.15, 0.2) is 12.1 Å². The molecular weight excluding hydrogens is 282 g/mol. The van der Waals surface area contributed by atoms with Crippen LogP contribution in [0, 0.1) is 0 Å². The Hall–Kier alpha value is -2.01. The number of nitrogens with one attached hydrogen (secondary N) is 1. The Morgan fingerprint density at radius 2 is 2.18 bits per heavy atom. The van der Waals surface area contributed by atoms with E-state index in [1.807, 2.05) is 19.9 Å². The van der Waals surface area contributed by atoms with Crippen LogP contribution in [0.1, 0.15) is 43.5 Å². The van der Waals surface area contributed by atoms with E-state index in [9.17, 15) is 15.0 Å². The fourth-order valence-electron chi connectivity index (χ4n) is 3.58. The molecule has 3 N–H and O–H groups in total. The van der Waals surface area contributed by atoms with Gasteiger partial charge in [0.15, 0.2) is 0 Å². The highest BCUT2D eigenvalue weighted by atomic mass is 16.5. The van der Waals surface area contributed by atoms with Gasteiger partial charge in [0, 0.05) is 10.9 Å². The molecule has 1 aliphatic heterocycles. The first kappa shape index (κ1) is 14.9. The van der Waals surface area contributed by atoms with Crippen molar-refractivity contribution in [1.82, 2.24) is 4.98 Å². The van der Waals surface area contributed by atoms with Crippen molar-refractivity contribution in [2.45, 2.75) is 45.1 Å². The average molecular weight is 303 g/mol. The molecule has 0 bridgehead atoms. The molecule has 0 aliphatic carbocycles. The summed E-state index contributed by atoms with van der Waals surface area (Å²) in [6.07, 6.45) is 2.00. The van der Waals surface area contributed by atoms with E-state index in [4.69, 9.17) is 4.74 Å². The molecule has 118 valence electrons. The van der Waals surface area contributed by atoms with E-state index in [1.165, 1.54) is 0 Å². The summed E-state index contributed by atoms with van der Waals surface area (Å²) in [5.41, 5.74) is 2.95. The molecule has 1 atom stereocenters. The first-order chi connectivity index (χ1) is 10.5. The van der Waals surface area contributed by atoms with Gasteiger partial charge in [-0.05, 0) is 37.0 Å². The zero-order chi connectivity index (χ0) is 15.9. The van der Waals surface area contributed by atoms with Gasteiger partial charge in [-0.15, -0.1) is 0 Å². The van der Waals surface area contributed by atoms with E-state index < -0.39 is 11.6 Å². The van der Waals surface area contributed by atoms with Crippen LogP contribution in [0.3, 0.4) is 0 Å². The average Bonchev–Trinajstić information content (AvgIpc) is 2.86. The summed E-state index contributed by atoms with van der Waals surface area (Å²) in [4.78, 5) is 14.7. The van der Waals surface area contributed by atoms with Crippen LogP contribution >= 0.6 is 0 Å². The van der Waals surface area contributed by atoms with Crippen LogP contribution in [0.25, 0.3) is 10.9 Å². The summed E-state index contributed by atoms with van der Waals surface area (Å²) < 4.78 is 5.91. The van der Waals surface area contributed by atoms with Crippen molar-refractivity contribution in [2.24, 2.45) is 0 Å². The first-order valence-corrected chi connectivity index (χ1v) is 7.74. The zero-order valence-electron chi connectivity index (χ0n) is 12.9. The number of ether oxygens (including phenoxy) is 1. The van der Waals surface area contributed by atoms with E-state index in [0.717, 1.165) is 34.1 Å². The van der Waals surface area contributed by atoms with E-state index in [1.54, 1.807) is 6.07 Å². The number of hydrogen-bond donors (Lipinski definition) is 3. The molecule has 0 saturated carbocycles. The Kier molecular flexibility index (Phi) is 3.60. The predicted molar refractivity (Wildman–Crippen MR) is 83.2 cm³/mol. The third-order valence-electron chi connectivity index (χ3n) is 4.71. The molecule has 1 aromatic heterocycles. The summed E-state index contributed by atoms with van der Waals surface area (Å²) in [7, 11) is 0. The second-order valence-corrected chi connectivity index (χ2v) is 5.83. The maximum Gasteiger partial charge on any atom is 0.306 e. The number of aromatic amines is 1. The van der Waals surface area contributed by atoms with Crippen LogP contribution in [-0.2, 0) is 28.0 Å². The maximum atomic E-state index is 11.3. The number of aryl methyl sites for hydroxylation is 1. The van der Waals surface area contributed by atoms with E-state index >= 15 is 0 Å². The number of fused-ring (bicyclic) bond motifs is 3. The molecular formula is C17H21NO4. The predicted octanol–water partition coefficient (Wildman–Crippen LogP) is 3.09. The molecule has 1 aliphatic rings. The van der Waals surface area contributed by atoms with Crippen molar-refractivity contribution in [1.29, 1.82) is 0 Å². The lowest BCUT2D eigenvalue weighted by Crippen LogP contribution is -2.37. The Morgan fingerprint density at radius 3 is 2.82 bits per heavy atom. The molecule has 1 aromatic carbocycles. The monoisotopic (exact) mass is 303 g/mol. The SMILES string of the molecule is CCc1c(O)ccc2c3c([nH]c12)C(CC)(CC(=O)O)OCC3. The number of rotatable bonds is 4. The van der Waals surface area contributed by atoms with Gasteiger partial charge in [-0.25, -0.2) is 0 Å². The number of phenolic OH excluding ortho intramolecular Hbond substituents is 1.